The molecule has 1 heterocycles. The highest BCUT2D eigenvalue weighted by atomic mass is 19.1. The van der Waals surface area contributed by atoms with Crippen LogP contribution in [-0.4, -0.2) is 16.0 Å². The zero-order chi connectivity index (χ0) is 15.6. The van der Waals surface area contributed by atoms with Crippen LogP contribution in [0.5, 0.6) is 0 Å². The van der Waals surface area contributed by atoms with Gasteiger partial charge in [-0.2, -0.15) is 0 Å². The normalized spacial score (nSPS) is 10.2. The van der Waals surface area contributed by atoms with E-state index in [-0.39, 0.29) is 17.1 Å². The van der Waals surface area contributed by atoms with E-state index in [0.29, 0.717) is 11.8 Å². The molecule has 0 spiro atoms. The number of carbonyl (C=O) groups excluding carboxylic acids is 1. The number of benzene rings is 1. The Balaban J connectivity index is 2.40. The molecular weight excluding hydrogens is 285 g/mol. The van der Waals surface area contributed by atoms with E-state index in [0.717, 1.165) is 6.07 Å². The number of hydrogen-bond acceptors (Lipinski definition) is 7. The smallest absolute Gasteiger partial charge is 0.285 e. The van der Waals surface area contributed by atoms with Crippen molar-refractivity contribution in [2.24, 2.45) is 5.84 Å². The monoisotopic (exact) mass is 295 g/mol. The van der Waals surface area contributed by atoms with Crippen molar-refractivity contribution < 1.29 is 18.6 Å². The number of nitro groups is 1. The van der Waals surface area contributed by atoms with Crippen LogP contribution in [0.3, 0.4) is 0 Å². The van der Waals surface area contributed by atoms with E-state index in [4.69, 9.17) is 10.4 Å². The van der Waals surface area contributed by atoms with Gasteiger partial charge < -0.3 is 15.3 Å². The molecule has 0 aliphatic heterocycles. The summed E-state index contributed by atoms with van der Waals surface area (Å²) in [6, 6.07) is 2.98. The lowest BCUT2D eigenvalue weighted by Gasteiger charge is -2.07. The molecule has 4 N–H and O–H groups in total. The molecule has 21 heavy (non-hydrogen) atoms. The lowest BCUT2D eigenvalue weighted by Crippen LogP contribution is -2.16. The lowest BCUT2D eigenvalue weighted by molar-refractivity contribution is -0.385. The summed E-state index contributed by atoms with van der Waals surface area (Å²) in [7, 11) is 0. The molecule has 0 atom stereocenters. The fourth-order valence-electron chi connectivity index (χ4n) is 1.62. The Kier molecular flexibility index (Phi) is 3.80. The number of nitro benzene ring substituents is 1. The molecule has 0 aliphatic carbocycles. The summed E-state index contributed by atoms with van der Waals surface area (Å²) in [6.07, 6.45) is 0. The van der Waals surface area contributed by atoms with Gasteiger partial charge in [0.1, 0.15) is 11.3 Å². The van der Waals surface area contributed by atoms with E-state index in [1.165, 1.54) is 6.07 Å². The Morgan fingerprint density at radius 2 is 2.19 bits per heavy atom. The van der Waals surface area contributed by atoms with Gasteiger partial charge in [0.2, 0.25) is 0 Å². The molecule has 1 aromatic heterocycles. The number of nitrogens with one attached hydrogen (secondary N) is 2. The van der Waals surface area contributed by atoms with Crippen molar-refractivity contribution in [3.05, 3.63) is 45.5 Å². The zero-order valence-corrected chi connectivity index (χ0v) is 10.7. The number of hydrazine groups is 1. The number of amides is 1. The predicted molar refractivity (Wildman–Crippen MR) is 70.1 cm³/mol. The first kappa shape index (κ1) is 14.4. The molecule has 1 aromatic carbocycles. The second kappa shape index (κ2) is 5.54. The van der Waals surface area contributed by atoms with Gasteiger partial charge in [0.15, 0.2) is 11.6 Å². The van der Waals surface area contributed by atoms with E-state index in [9.17, 15) is 19.3 Å². The number of nitrogen functional groups attached to an aromatic ring is 1. The van der Waals surface area contributed by atoms with Gasteiger partial charge in [0.25, 0.3) is 11.6 Å². The summed E-state index contributed by atoms with van der Waals surface area (Å²) in [4.78, 5) is 22.1. The van der Waals surface area contributed by atoms with Crippen molar-refractivity contribution >= 4 is 23.1 Å². The van der Waals surface area contributed by atoms with E-state index in [2.05, 4.69) is 10.5 Å². The van der Waals surface area contributed by atoms with Crippen LogP contribution in [0, 0.1) is 22.9 Å². The van der Waals surface area contributed by atoms with Gasteiger partial charge in [-0.05, 0) is 13.0 Å². The van der Waals surface area contributed by atoms with Gasteiger partial charge in [0.05, 0.1) is 16.7 Å². The summed E-state index contributed by atoms with van der Waals surface area (Å²) >= 11 is 0. The van der Waals surface area contributed by atoms with Crippen LogP contribution in [0.1, 0.15) is 16.1 Å². The van der Waals surface area contributed by atoms with Gasteiger partial charge >= 0.3 is 0 Å². The maximum absolute atomic E-state index is 13.5. The number of nitrogens with zero attached hydrogens (tertiary/aromatic N) is 2. The molecule has 0 aliphatic rings. The molecule has 9 nitrogen and oxygen atoms in total. The van der Waals surface area contributed by atoms with Gasteiger partial charge in [-0.25, -0.2) is 4.39 Å². The molecule has 0 radical (unpaired) electrons. The largest absolute Gasteiger partial charge is 0.360 e. The summed E-state index contributed by atoms with van der Waals surface area (Å²) in [5.41, 5.74) is 0.709. The summed E-state index contributed by atoms with van der Waals surface area (Å²) < 4.78 is 18.2. The van der Waals surface area contributed by atoms with Gasteiger partial charge in [-0.3, -0.25) is 20.8 Å². The number of hydrogen-bond donors (Lipinski definition) is 3. The van der Waals surface area contributed by atoms with Crippen molar-refractivity contribution in [3.63, 3.8) is 0 Å². The Morgan fingerprint density at radius 1 is 1.48 bits per heavy atom. The highest BCUT2D eigenvalue weighted by molar-refractivity contribution is 6.07. The van der Waals surface area contributed by atoms with Crippen molar-refractivity contribution in [3.8, 4) is 0 Å². The Morgan fingerprint density at radius 3 is 2.71 bits per heavy atom. The number of nitrogens with two attached hydrogens (primary N) is 1. The van der Waals surface area contributed by atoms with Crippen LogP contribution >= 0.6 is 0 Å². The number of anilines is 2. The van der Waals surface area contributed by atoms with Crippen LogP contribution in [0.4, 0.5) is 21.6 Å². The second-order valence-electron chi connectivity index (χ2n) is 4.03. The summed E-state index contributed by atoms with van der Waals surface area (Å²) in [5.74, 6) is 3.82. The van der Waals surface area contributed by atoms with Crippen LogP contribution in [0.15, 0.2) is 22.7 Å². The summed E-state index contributed by atoms with van der Waals surface area (Å²) in [5, 5.41) is 16.7. The van der Waals surface area contributed by atoms with Crippen LogP contribution in [0.25, 0.3) is 0 Å². The maximum Gasteiger partial charge on any atom is 0.285 e. The molecule has 0 saturated heterocycles. The van der Waals surface area contributed by atoms with Crippen LogP contribution in [0.2, 0.25) is 0 Å². The number of carbonyl (C=O) groups is 1. The number of aryl methyl sites for hydroxylation is 1. The minimum absolute atomic E-state index is 0.0818. The molecule has 10 heteroatoms. The highest BCUT2D eigenvalue weighted by Crippen LogP contribution is 2.26. The van der Waals surface area contributed by atoms with Crippen LogP contribution < -0.4 is 16.6 Å². The topological polar surface area (TPSA) is 136 Å². The van der Waals surface area contributed by atoms with E-state index < -0.39 is 22.3 Å². The SMILES string of the molecule is Cc1cc(NC(=O)c2cc(NN)c(F)cc2[N+](=O)[O-])no1. The molecule has 0 bridgehead atoms. The fraction of sp³-hybridized carbons (Fsp3) is 0.0909. The number of halogens is 1. The molecule has 0 fully saturated rings. The standard InChI is InChI=1S/C11H10FN5O4/c1-5-2-10(16-21-5)14-11(18)6-3-8(15-13)7(12)4-9(6)17(19)20/h2-4,15H,13H2,1H3,(H,14,16,18). The van der Waals surface area contributed by atoms with Crippen molar-refractivity contribution in [1.29, 1.82) is 0 Å². The second-order valence-corrected chi connectivity index (χ2v) is 4.03. The van der Waals surface area contributed by atoms with Crippen molar-refractivity contribution in [2.75, 3.05) is 10.7 Å². The van der Waals surface area contributed by atoms with E-state index >= 15 is 0 Å². The third-order valence-corrected chi connectivity index (χ3v) is 2.55. The van der Waals surface area contributed by atoms with E-state index in [1.54, 1.807) is 6.92 Å². The number of aromatic nitrogens is 1. The van der Waals surface area contributed by atoms with Gasteiger partial charge in [-0.15, -0.1) is 0 Å². The zero-order valence-electron chi connectivity index (χ0n) is 10.7. The molecular formula is C11H10FN5O4. The predicted octanol–water partition coefficient (Wildman–Crippen LogP) is 1.57. The first-order valence-corrected chi connectivity index (χ1v) is 5.61. The average Bonchev–Trinajstić information content (AvgIpc) is 2.83. The quantitative estimate of drug-likeness (QED) is 0.442. The molecule has 2 aromatic rings. The molecule has 1 amide bonds. The fourth-order valence-corrected chi connectivity index (χ4v) is 1.62. The highest BCUT2D eigenvalue weighted by Gasteiger charge is 2.24. The van der Waals surface area contributed by atoms with Crippen LogP contribution in [-0.2, 0) is 0 Å². The molecule has 0 unspecified atom stereocenters. The minimum atomic E-state index is -0.946. The lowest BCUT2D eigenvalue weighted by atomic mass is 10.1. The summed E-state index contributed by atoms with van der Waals surface area (Å²) in [6.45, 7) is 1.61. The Bertz CT molecular complexity index is 715. The van der Waals surface area contributed by atoms with Crippen molar-refractivity contribution in [1.82, 2.24) is 5.16 Å². The first-order chi connectivity index (χ1) is 9.92. The van der Waals surface area contributed by atoms with Gasteiger partial charge in [-0.1, -0.05) is 5.16 Å². The third-order valence-electron chi connectivity index (χ3n) is 2.55. The molecule has 0 saturated carbocycles. The van der Waals surface area contributed by atoms with E-state index in [1.807, 2.05) is 5.43 Å². The molecule has 2 rings (SSSR count). The molecule has 110 valence electrons. The third kappa shape index (κ3) is 2.95. The number of rotatable bonds is 4. The van der Waals surface area contributed by atoms with Crippen molar-refractivity contribution in [2.45, 2.75) is 6.92 Å². The van der Waals surface area contributed by atoms with Gasteiger partial charge in [0, 0.05) is 6.07 Å². The average molecular weight is 295 g/mol. The Hall–Kier alpha value is -3.01. The first-order valence-electron chi connectivity index (χ1n) is 5.61. The maximum atomic E-state index is 13.5. The minimum Gasteiger partial charge on any atom is -0.360 e. The Labute approximate surface area is 117 Å².